The number of hydrogen-bond acceptors (Lipinski definition) is 8. The smallest absolute Gasteiger partial charge is 0.329 e. The lowest BCUT2D eigenvalue weighted by atomic mass is 10.1. The highest BCUT2D eigenvalue weighted by Crippen LogP contribution is 2.35. The Morgan fingerprint density at radius 3 is 2.71 bits per heavy atom. The predicted molar refractivity (Wildman–Crippen MR) is 126 cm³/mol. The molecule has 0 aliphatic carbocycles. The lowest BCUT2D eigenvalue weighted by molar-refractivity contribution is 0.174. The molecule has 0 unspecified atom stereocenters. The van der Waals surface area contributed by atoms with Crippen molar-refractivity contribution in [3.05, 3.63) is 87.1 Å². The first-order chi connectivity index (χ1) is 17.1. The van der Waals surface area contributed by atoms with Crippen LogP contribution in [0.3, 0.4) is 0 Å². The second-order valence-electron chi connectivity index (χ2n) is 7.88. The molecule has 5 aromatic rings. The number of benzene rings is 3. The minimum absolute atomic E-state index is 0.0818. The van der Waals surface area contributed by atoms with Crippen molar-refractivity contribution >= 4 is 10.9 Å². The normalized spacial score (nSPS) is 12.3. The summed E-state index contributed by atoms with van der Waals surface area (Å²) >= 11 is 0. The van der Waals surface area contributed by atoms with Gasteiger partial charge >= 0.3 is 5.69 Å². The molecule has 35 heavy (non-hydrogen) atoms. The number of fused-ring (bicyclic) bond motifs is 2. The summed E-state index contributed by atoms with van der Waals surface area (Å²) in [5.41, 5.74) is 1.43. The van der Waals surface area contributed by atoms with E-state index in [1.807, 2.05) is 24.3 Å². The summed E-state index contributed by atoms with van der Waals surface area (Å²) in [5.74, 6) is 2.50. The van der Waals surface area contributed by atoms with Gasteiger partial charge in [0.05, 0.1) is 24.6 Å². The molecule has 0 spiro atoms. The average Bonchev–Trinajstić information content (AvgIpc) is 3.56. The molecule has 1 N–H and O–H groups in total. The maximum atomic E-state index is 13.1. The highest BCUT2D eigenvalue weighted by molar-refractivity contribution is 5.82. The van der Waals surface area contributed by atoms with E-state index < -0.39 is 11.2 Å². The summed E-state index contributed by atoms with van der Waals surface area (Å²) in [7, 11) is 1.54. The van der Waals surface area contributed by atoms with E-state index in [0.717, 1.165) is 10.1 Å². The first kappa shape index (κ1) is 20.7. The largest absolute Gasteiger partial charge is 0.496 e. The van der Waals surface area contributed by atoms with Gasteiger partial charge in [0.1, 0.15) is 5.75 Å². The Bertz CT molecular complexity index is 1700. The monoisotopic (exact) mass is 470 g/mol. The zero-order valence-corrected chi connectivity index (χ0v) is 18.5. The van der Waals surface area contributed by atoms with Gasteiger partial charge in [-0.25, -0.2) is 4.79 Å². The standard InChI is InChI=1S/C25H18N4O6/c1-32-19-5-3-2-4-16(19)12-29-24(30)17-8-6-15(10-18(17)26-25(29)31)23-27-22(28-35-23)14-7-9-20-21(11-14)34-13-33-20/h2-11H,12-13H2,1H3,(H,26,31). The number of para-hydroxylation sites is 1. The molecule has 0 atom stereocenters. The molecule has 0 fully saturated rings. The Balaban J connectivity index is 1.35. The van der Waals surface area contributed by atoms with E-state index in [1.54, 1.807) is 43.5 Å². The number of aromatic nitrogens is 4. The minimum atomic E-state index is -0.530. The molecule has 6 rings (SSSR count). The quantitative estimate of drug-likeness (QED) is 0.416. The summed E-state index contributed by atoms with van der Waals surface area (Å²) in [4.78, 5) is 33.1. The summed E-state index contributed by atoms with van der Waals surface area (Å²) in [6.07, 6.45) is 0. The first-order valence-electron chi connectivity index (χ1n) is 10.7. The van der Waals surface area contributed by atoms with E-state index in [0.29, 0.717) is 45.1 Å². The zero-order valence-electron chi connectivity index (χ0n) is 18.5. The maximum Gasteiger partial charge on any atom is 0.329 e. The van der Waals surface area contributed by atoms with Gasteiger partial charge in [-0.3, -0.25) is 9.36 Å². The Labute approximate surface area is 197 Å². The molecule has 0 bridgehead atoms. The third-order valence-corrected chi connectivity index (χ3v) is 5.81. The topological polar surface area (TPSA) is 121 Å². The van der Waals surface area contributed by atoms with Crippen LogP contribution in [-0.4, -0.2) is 33.6 Å². The molecule has 0 amide bonds. The summed E-state index contributed by atoms with van der Waals surface area (Å²) in [6, 6.07) is 17.6. The highest BCUT2D eigenvalue weighted by Gasteiger charge is 2.18. The van der Waals surface area contributed by atoms with E-state index in [4.69, 9.17) is 18.7 Å². The number of rotatable bonds is 5. The molecular formula is C25H18N4O6. The van der Waals surface area contributed by atoms with Gasteiger partial charge in [0.25, 0.3) is 11.4 Å². The third-order valence-electron chi connectivity index (χ3n) is 5.81. The number of methoxy groups -OCH3 is 1. The lowest BCUT2D eigenvalue weighted by Crippen LogP contribution is -2.35. The maximum absolute atomic E-state index is 13.1. The number of nitrogens with zero attached hydrogens (tertiary/aromatic N) is 3. The number of H-pyrrole nitrogens is 1. The van der Waals surface area contributed by atoms with E-state index in [1.165, 1.54) is 0 Å². The minimum Gasteiger partial charge on any atom is -0.496 e. The van der Waals surface area contributed by atoms with Gasteiger partial charge in [-0.1, -0.05) is 23.4 Å². The van der Waals surface area contributed by atoms with E-state index in [9.17, 15) is 9.59 Å². The van der Waals surface area contributed by atoms with Crippen LogP contribution in [0.5, 0.6) is 17.2 Å². The number of hydrogen-bond donors (Lipinski definition) is 1. The SMILES string of the molecule is COc1ccccc1Cn1c(=O)[nH]c2cc(-c3nc(-c4ccc5c(c4)OCO5)no3)ccc2c1=O. The molecule has 2 aromatic heterocycles. The summed E-state index contributed by atoms with van der Waals surface area (Å²) in [6.45, 7) is 0.255. The van der Waals surface area contributed by atoms with Crippen LogP contribution in [-0.2, 0) is 6.54 Å². The van der Waals surface area contributed by atoms with Crippen molar-refractivity contribution in [3.8, 4) is 40.1 Å². The molecule has 1 aliphatic heterocycles. The van der Waals surface area contributed by atoms with Crippen molar-refractivity contribution in [2.24, 2.45) is 0 Å². The average molecular weight is 470 g/mol. The van der Waals surface area contributed by atoms with Gasteiger partial charge in [0.2, 0.25) is 12.6 Å². The van der Waals surface area contributed by atoms with Crippen LogP contribution in [0.15, 0.2) is 74.8 Å². The van der Waals surface area contributed by atoms with Crippen LogP contribution < -0.4 is 25.5 Å². The number of nitrogens with one attached hydrogen (secondary N) is 1. The molecule has 1 aliphatic rings. The molecule has 0 saturated heterocycles. The molecule has 174 valence electrons. The van der Waals surface area contributed by atoms with E-state index in [2.05, 4.69) is 15.1 Å². The van der Waals surface area contributed by atoms with E-state index >= 15 is 0 Å². The van der Waals surface area contributed by atoms with Gasteiger partial charge in [0.15, 0.2) is 11.5 Å². The molecule has 3 aromatic carbocycles. The van der Waals surface area contributed by atoms with Gasteiger partial charge in [-0.2, -0.15) is 4.98 Å². The van der Waals surface area contributed by atoms with Gasteiger partial charge in [-0.15, -0.1) is 0 Å². The first-order valence-corrected chi connectivity index (χ1v) is 10.7. The van der Waals surface area contributed by atoms with Crippen LogP contribution in [0.2, 0.25) is 0 Å². The molecule has 0 saturated carbocycles. The second-order valence-corrected chi connectivity index (χ2v) is 7.88. The van der Waals surface area contributed by atoms with Crippen molar-refractivity contribution in [3.63, 3.8) is 0 Å². The zero-order chi connectivity index (χ0) is 23.9. The molecule has 10 nitrogen and oxygen atoms in total. The van der Waals surface area contributed by atoms with Crippen molar-refractivity contribution in [1.29, 1.82) is 0 Å². The fourth-order valence-corrected chi connectivity index (χ4v) is 4.03. The third kappa shape index (κ3) is 3.61. The molecule has 0 radical (unpaired) electrons. The van der Waals surface area contributed by atoms with Crippen LogP contribution in [0.1, 0.15) is 5.56 Å². The summed E-state index contributed by atoms with van der Waals surface area (Å²) < 4.78 is 22.7. The second kappa shape index (κ2) is 8.17. The fraction of sp³-hybridized carbons (Fsp3) is 0.120. The van der Waals surface area contributed by atoms with Crippen molar-refractivity contribution < 1.29 is 18.7 Å². The number of ether oxygens (including phenoxy) is 3. The van der Waals surface area contributed by atoms with E-state index in [-0.39, 0.29) is 19.2 Å². The van der Waals surface area contributed by atoms with Crippen molar-refractivity contribution in [1.82, 2.24) is 19.7 Å². The molecule has 3 heterocycles. The molecular weight excluding hydrogens is 452 g/mol. The van der Waals surface area contributed by atoms with Crippen LogP contribution in [0.25, 0.3) is 33.7 Å². The highest BCUT2D eigenvalue weighted by atomic mass is 16.7. The van der Waals surface area contributed by atoms with Gasteiger partial charge < -0.3 is 23.7 Å². The summed E-state index contributed by atoms with van der Waals surface area (Å²) in [5, 5.41) is 4.41. The van der Waals surface area contributed by atoms with Gasteiger partial charge in [-0.05, 0) is 42.5 Å². The Kier molecular flexibility index (Phi) is 4.84. The van der Waals surface area contributed by atoms with Crippen molar-refractivity contribution in [2.75, 3.05) is 13.9 Å². The molecule has 10 heteroatoms. The Morgan fingerprint density at radius 1 is 1.00 bits per heavy atom. The Morgan fingerprint density at radius 2 is 1.83 bits per heavy atom. The van der Waals surface area contributed by atoms with Crippen molar-refractivity contribution in [2.45, 2.75) is 6.54 Å². The van der Waals surface area contributed by atoms with Crippen LogP contribution in [0, 0.1) is 0 Å². The van der Waals surface area contributed by atoms with Crippen LogP contribution >= 0.6 is 0 Å². The fourth-order valence-electron chi connectivity index (χ4n) is 4.03. The lowest BCUT2D eigenvalue weighted by Gasteiger charge is -2.10. The van der Waals surface area contributed by atoms with Gasteiger partial charge in [0, 0.05) is 16.7 Å². The predicted octanol–water partition coefficient (Wildman–Crippen LogP) is 3.19. The Hall–Kier alpha value is -4.86. The van der Waals surface area contributed by atoms with Crippen LogP contribution in [0.4, 0.5) is 0 Å². The number of aromatic amines is 1.